The first-order chi connectivity index (χ1) is 8.68. The fourth-order valence-electron chi connectivity index (χ4n) is 2.53. The molecular formula is C13H26I2O4. The predicted molar refractivity (Wildman–Crippen MR) is 94.9 cm³/mol. The van der Waals surface area contributed by atoms with Crippen LogP contribution < -0.4 is 0 Å². The summed E-state index contributed by atoms with van der Waals surface area (Å²) in [5.41, 5.74) is 0.169. The van der Waals surface area contributed by atoms with E-state index in [0.29, 0.717) is 13.0 Å². The number of carboxylic acid groups (broad SMARTS) is 1. The van der Waals surface area contributed by atoms with Gasteiger partial charge in [-0.05, 0) is 36.5 Å². The summed E-state index contributed by atoms with van der Waals surface area (Å²) in [4.78, 5) is 14.6. The molecule has 0 atom stereocenters. The van der Waals surface area contributed by atoms with Crippen molar-refractivity contribution in [2.24, 2.45) is 10.8 Å². The number of aliphatic carboxylic acids is 1. The van der Waals surface area contributed by atoms with Gasteiger partial charge in [-0.25, -0.2) is 4.89 Å². The summed E-state index contributed by atoms with van der Waals surface area (Å²) in [6, 6.07) is 0. The number of hydrogen-bond donors (Lipinski definition) is 2. The highest BCUT2D eigenvalue weighted by Gasteiger charge is 2.28. The second-order valence-electron chi connectivity index (χ2n) is 6.34. The molecule has 0 fully saturated rings. The third-order valence-corrected chi connectivity index (χ3v) is 3.06. The van der Waals surface area contributed by atoms with Gasteiger partial charge in [-0.1, -0.05) is 27.7 Å². The van der Waals surface area contributed by atoms with E-state index in [9.17, 15) is 4.79 Å². The van der Waals surface area contributed by atoms with E-state index in [1.165, 1.54) is 0 Å². The van der Waals surface area contributed by atoms with Gasteiger partial charge in [0.05, 0.1) is 6.61 Å². The molecule has 0 aliphatic rings. The van der Waals surface area contributed by atoms with Gasteiger partial charge in [-0.3, -0.25) is 10.1 Å². The van der Waals surface area contributed by atoms with Crippen LogP contribution >= 0.6 is 37.2 Å². The first-order valence-electron chi connectivity index (χ1n) is 6.31. The Bertz CT molecular complexity index is 243. The highest BCUT2D eigenvalue weighted by atomic mass is 128. The molecule has 0 heterocycles. The van der Waals surface area contributed by atoms with Gasteiger partial charge in [0.2, 0.25) is 0 Å². The normalized spacial score (nSPS) is 11.7. The standard InChI is InChI=1S/C13H26O4.I2/c1-12(2,7-5-9-17-16)10-13(3,4)8-6-11(14)15;1-2/h16H,5-10H2,1-4H3,(H,14,15);. The second kappa shape index (κ2) is 11.5. The zero-order valence-corrected chi connectivity index (χ0v) is 16.5. The van der Waals surface area contributed by atoms with Crippen molar-refractivity contribution < 1.29 is 20.0 Å². The monoisotopic (exact) mass is 500 g/mol. The van der Waals surface area contributed by atoms with E-state index in [4.69, 9.17) is 10.4 Å². The largest absolute Gasteiger partial charge is 0.481 e. The number of rotatable bonds is 9. The van der Waals surface area contributed by atoms with Crippen molar-refractivity contribution in [3.63, 3.8) is 0 Å². The molecular weight excluding hydrogens is 474 g/mol. The summed E-state index contributed by atoms with van der Waals surface area (Å²) in [7, 11) is 0. The summed E-state index contributed by atoms with van der Waals surface area (Å²) in [5, 5.41) is 17.0. The van der Waals surface area contributed by atoms with Crippen molar-refractivity contribution in [1.29, 1.82) is 0 Å². The van der Waals surface area contributed by atoms with E-state index in [1.807, 2.05) is 0 Å². The van der Waals surface area contributed by atoms with Gasteiger partial charge in [0.15, 0.2) is 0 Å². The van der Waals surface area contributed by atoms with Crippen LogP contribution in [0, 0.1) is 10.8 Å². The molecule has 0 aromatic rings. The van der Waals surface area contributed by atoms with Crippen LogP contribution in [0.2, 0.25) is 0 Å². The van der Waals surface area contributed by atoms with Crippen LogP contribution in [0.4, 0.5) is 0 Å². The van der Waals surface area contributed by atoms with Crippen LogP contribution in [-0.4, -0.2) is 22.9 Å². The average molecular weight is 500 g/mol. The topological polar surface area (TPSA) is 66.8 Å². The van der Waals surface area contributed by atoms with E-state index in [1.54, 1.807) is 0 Å². The summed E-state index contributed by atoms with van der Waals surface area (Å²) in [5.74, 6) is -0.732. The molecule has 4 nitrogen and oxygen atoms in total. The molecule has 0 saturated heterocycles. The summed E-state index contributed by atoms with van der Waals surface area (Å²) < 4.78 is 0. The third kappa shape index (κ3) is 15.1. The molecule has 0 aliphatic carbocycles. The van der Waals surface area contributed by atoms with Crippen LogP contribution in [0.5, 0.6) is 0 Å². The maximum atomic E-state index is 10.6. The van der Waals surface area contributed by atoms with E-state index in [-0.39, 0.29) is 17.3 Å². The fraction of sp³-hybridized carbons (Fsp3) is 0.923. The molecule has 0 aromatic heterocycles. The predicted octanol–water partition coefficient (Wildman–Crippen LogP) is 5.33. The average Bonchev–Trinajstić information content (AvgIpc) is 2.28. The van der Waals surface area contributed by atoms with Gasteiger partial charge in [-0.2, -0.15) is 0 Å². The van der Waals surface area contributed by atoms with Gasteiger partial charge >= 0.3 is 5.97 Å². The summed E-state index contributed by atoms with van der Waals surface area (Å²) >= 11 is 4.24. The molecule has 0 aromatic carbocycles. The van der Waals surface area contributed by atoms with Crippen molar-refractivity contribution in [3.8, 4) is 0 Å². The minimum Gasteiger partial charge on any atom is -0.481 e. The lowest BCUT2D eigenvalue weighted by Crippen LogP contribution is -2.24. The molecule has 0 rings (SSSR count). The molecule has 0 unspecified atom stereocenters. The lowest BCUT2D eigenvalue weighted by atomic mass is 9.71. The van der Waals surface area contributed by atoms with Crippen LogP contribution in [0.1, 0.15) is 59.8 Å². The number of carboxylic acids is 1. The van der Waals surface area contributed by atoms with E-state index >= 15 is 0 Å². The van der Waals surface area contributed by atoms with Gasteiger partial charge in [0, 0.05) is 43.7 Å². The summed E-state index contributed by atoms with van der Waals surface area (Å²) in [6.45, 7) is 8.93. The first-order valence-corrected chi connectivity index (χ1v) is 12.6. The van der Waals surface area contributed by atoms with Crippen molar-refractivity contribution >= 4 is 43.2 Å². The lowest BCUT2D eigenvalue weighted by Gasteiger charge is -2.35. The molecule has 0 spiro atoms. The van der Waals surface area contributed by atoms with Gasteiger partial charge in [0.25, 0.3) is 0 Å². The molecule has 19 heavy (non-hydrogen) atoms. The molecule has 0 aliphatic heterocycles. The Labute approximate surface area is 139 Å². The van der Waals surface area contributed by atoms with Crippen LogP contribution in [0.3, 0.4) is 0 Å². The Hall–Kier alpha value is 0.850. The van der Waals surface area contributed by atoms with Gasteiger partial charge in [-0.15, -0.1) is 0 Å². The molecule has 0 radical (unpaired) electrons. The molecule has 0 amide bonds. The van der Waals surface area contributed by atoms with Crippen LogP contribution in [0.15, 0.2) is 0 Å². The third-order valence-electron chi connectivity index (χ3n) is 3.06. The maximum Gasteiger partial charge on any atom is 0.303 e. The van der Waals surface area contributed by atoms with E-state index in [0.717, 1.165) is 19.3 Å². The first kappa shape index (κ1) is 22.1. The van der Waals surface area contributed by atoms with Crippen molar-refractivity contribution in [2.45, 2.75) is 59.8 Å². The number of halogens is 2. The molecule has 0 bridgehead atoms. The summed E-state index contributed by atoms with van der Waals surface area (Å²) in [6.07, 6.45) is 3.67. The van der Waals surface area contributed by atoms with Gasteiger partial charge < -0.3 is 5.11 Å². The van der Waals surface area contributed by atoms with Crippen LogP contribution in [-0.2, 0) is 9.68 Å². The number of hydrogen-bond acceptors (Lipinski definition) is 3. The van der Waals surface area contributed by atoms with Crippen molar-refractivity contribution in [1.82, 2.24) is 0 Å². The van der Waals surface area contributed by atoms with Gasteiger partial charge in [0.1, 0.15) is 0 Å². The Morgan fingerprint density at radius 3 is 2.00 bits per heavy atom. The van der Waals surface area contributed by atoms with Crippen molar-refractivity contribution in [3.05, 3.63) is 0 Å². The van der Waals surface area contributed by atoms with E-state index in [2.05, 4.69) is 69.8 Å². The Morgan fingerprint density at radius 2 is 1.58 bits per heavy atom. The fourth-order valence-corrected chi connectivity index (χ4v) is 2.53. The second-order valence-corrected chi connectivity index (χ2v) is 6.34. The Kier molecular flexibility index (Phi) is 13.4. The molecule has 2 N–H and O–H groups in total. The quantitative estimate of drug-likeness (QED) is 0.194. The smallest absolute Gasteiger partial charge is 0.303 e. The zero-order valence-electron chi connectivity index (χ0n) is 12.2. The number of carbonyl (C=O) groups is 1. The molecule has 0 saturated carbocycles. The lowest BCUT2D eigenvalue weighted by molar-refractivity contribution is -0.243. The molecule has 6 heteroatoms. The molecule has 116 valence electrons. The SMILES string of the molecule is CC(C)(CCCOO)CC(C)(C)CCC(=O)O.II. The highest BCUT2D eigenvalue weighted by molar-refractivity contribution is 15.0. The minimum atomic E-state index is -0.732. The minimum absolute atomic E-state index is 0.0297. The Balaban J connectivity index is 0. The van der Waals surface area contributed by atoms with Crippen molar-refractivity contribution in [2.75, 3.05) is 6.61 Å². The zero-order chi connectivity index (χ0) is 15.5. The highest BCUT2D eigenvalue weighted by Crippen LogP contribution is 2.39. The van der Waals surface area contributed by atoms with Crippen LogP contribution in [0.25, 0.3) is 0 Å². The van der Waals surface area contributed by atoms with E-state index < -0.39 is 5.97 Å². The Morgan fingerprint density at radius 1 is 1.11 bits per heavy atom. The maximum absolute atomic E-state index is 10.6.